The fourth-order valence-corrected chi connectivity index (χ4v) is 4.08. The molecule has 1 aliphatic heterocycles. The van der Waals surface area contributed by atoms with Crippen LogP contribution in [-0.2, 0) is 16.0 Å². The van der Waals surface area contributed by atoms with E-state index in [1.165, 1.54) is 11.8 Å². The van der Waals surface area contributed by atoms with Crippen LogP contribution in [0, 0.1) is 0 Å². The molecule has 0 atom stereocenters. The van der Waals surface area contributed by atoms with Gasteiger partial charge in [-0.15, -0.1) is 23.1 Å². The fourth-order valence-electron chi connectivity index (χ4n) is 1.50. The zero-order valence-corrected chi connectivity index (χ0v) is 9.98. The van der Waals surface area contributed by atoms with Gasteiger partial charge in [-0.3, -0.25) is 4.79 Å². The zero-order valence-electron chi connectivity index (χ0n) is 8.35. The molecule has 0 unspecified atom stereocenters. The smallest absolute Gasteiger partial charge is 0.394 e. The number of carboxylic acids is 2. The van der Waals surface area contributed by atoms with Gasteiger partial charge in [-0.1, -0.05) is 0 Å². The number of carbonyl (C=O) groups excluding carboxylic acids is 1. The molecule has 1 amide bonds. The molecule has 1 aromatic rings. The normalized spacial score (nSPS) is 13.2. The first-order valence-corrected chi connectivity index (χ1v) is 6.37. The number of anilines is 1. The molecular formula is C9H7NO5S2. The van der Waals surface area contributed by atoms with Gasteiger partial charge in [0.2, 0.25) is 0 Å². The van der Waals surface area contributed by atoms with Crippen molar-refractivity contribution in [3.63, 3.8) is 0 Å². The van der Waals surface area contributed by atoms with Crippen molar-refractivity contribution < 1.29 is 24.6 Å². The highest BCUT2D eigenvalue weighted by atomic mass is 32.2. The van der Waals surface area contributed by atoms with E-state index in [0.29, 0.717) is 12.0 Å². The van der Waals surface area contributed by atoms with Gasteiger partial charge in [0.1, 0.15) is 5.00 Å². The molecule has 0 saturated heterocycles. The van der Waals surface area contributed by atoms with Gasteiger partial charge in [0.15, 0.2) is 0 Å². The summed E-state index contributed by atoms with van der Waals surface area (Å²) in [7, 11) is 0. The number of aliphatic carboxylic acids is 1. The van der Waals surface area contributed by atoms with Crippen molar-refractivity contribution in [1.82, 2.24) is 0 Å². The van der Waals surface area contributed by atoms with E-state index in [-0.39, 0.29) is 10.6 Å². The highest BCUT2D eigenvalue weighted by Crippen LogP contribution is 2.44. The SMILES string of the molecule is O=C(O)C(=O)Nc1sc2c(c1C(=O)O)CCS2. The maximum absolute atomic E-state index is 11.1. The molecule has 90 valence electrons. The molecule has 0 bridgehead atoms. The minimum atomic E-state index is -1.64. The van der Waals surface area contributed by atoms with Gasteiger partial charge in [0.25, 0.3) is 0 Å². The number of rotatable bonds is 2. The third kappa shape index (κ3) is 2.13. The van der Waals surface area contributed by atoms with Gasteiger partial charge >= 0.3 is 17.8 Å². The lowest BCUT2D eigenvalue weighted by molar-refractivity contribution is -0.147. The lowest BCUT2D eigenvalue weighted by Gasteiger charge is -2.01. The van der Waals surface area contributed by atoms with E-state index < -0.39 is 17.8 Å². The Labute approximate surface area is 104 Å². The largest absolute Gasteiger partial charge is 0.478 e. The van der Waals surface area contributed by atoms with Crippen LogP contribution < -0.4 is 5.32 Å². The van der Waals surface area contributed by atoms with Crippen molar-refractivity contribution in [3.8, 4) is 0 Å². The molecule has 17 heavy (non-hydrogen) atoms. The van der Waals surface area contributed by atoms with Gasteiger partial charge in [-0.2, -0.15) is 0 Å². The lowest BCUT2D eigenvalue weighted by atomic mass is 10.1. The molecule has 2 heterocycles. The number of aromatic carboxylic acids is 1. The number of amides is 1. The van der Waals surface area contributed by atoms with Crippen molar-refractivity contribution in [3.05, 3.63) is 11.1 Å². The molecule has 0 radical (unpaired) electrons. The summed E-state index contributed by atoms with van der Waals surface area (Å²) in [6, 6.07) is 0. The Hall–Kier alpha value is -1.54. The summed E-state index contributed by atoms with van der Waals surface area (Å²) in [6.45, 7) is 0. The van der Waals surface area contributed by atoms with Crippen molar-refractivity contribution >= 4 is 45.9 Å². The fraction of sp³-hybridized carbons (Fsp3) is 0.222. The van der Waals surface area contributed by atoms with Gasteiger partial charge in [-0.25, -0.2) is 9.59 Å². The van der Waals surface area contributed by atoms with Crippen LogP contribution in [0.15, 0.2) is 4.21 Å². The van der Waals surface area contributed by atoms with Gasteiger partial charge in [0.05, 0.1) is 9.77 Å². The Kier molecular flexibility index (Phi) is 3.07. The van der Waals surface area contributed by atoms with E-state index in [4.69, 9.17) is 10.2 Å². The van der Waals surface area contributed by atoms with Crippen molar-refractivity contribution in [2.75, 3.05) is 11.1 Å². The standard InChI is InChI=1S/C9H7NO5S2/c11-5(8(14)15)10-6-4(7(12)13)3-1-2-16-9(3)17-6/h1-2H2,(H,10,11)(H,12,13)(H,14,15). The first-order valence-electron chi connectivity index (χ1n) is 4.56. The summed E-state index contributed by atoms with van der Waals surface area (Å²) in [4.78, 5) is 32.5. The highest BCUT2D eigenvalue weighted by Gasteiger charge is 2.28. The number of thiophene rings is 1. The number of hydrogen-bond acceptors (Lipinski definition) is 5. The first kappa shape index (κ1) is 11.9. The predicted molar refractivity (Wildman–Crippen MR) is 62.0 cm³/mol. The van der Waals surface area contributed by atoms with Crippen LogP contribution in [0.1, 0.15) is 15.9 Å². The molecule has 1 aliphatic rings. The van der Waals surface area contributed by atoms with Crippen molar-refractivity contribution in [1.29, 1.82) is 0 Å². The first-order chi connectivity index (χ1) is 8.00. The van der Waals surface area contributed by atoms with E-state index in [0.717, 1.165) is 21.3 Å². The molecule has 0 spiro atoms. The number of nitrogens with one attached hydrogen (secondary N) is 1. The van der Waals surface area contributed by atoms with Crippen LogP contribution in [0.3, 0.4) is 0 Å². The Balaban J connectivity index is 2.38. The van der Waals surface area contributed by atoms with E-state index >= 15 is 0 Å². The number of thioether (sulfide) groups is 1. The third-order valence-electron chi connectivity index (χ3n) is 2.19. The van der Waals surface area contributed by atoms with Crippen LogP contribution in [0.25, 0.3) is 0 Å². The molecule has 0 aliphatic carbocycles. The summed E-state index contributed by atoms with van der Waals surface area (Å²) in [5.74, 6) is -3.19. The molecule has 8 heteroatoms. The van der Waals surface area contributed by atoms with Gasteiger partial charge < -0.3 is 15.5 Å². The highest BCUT2D eigenvalue weighted by molar-refractivity contribution is 8.01. The summed E-state index contributed by atoms with van der Waals surface area (Å²) in [5.41, 5.74) is 0.706. The molecule has 0 aromatic carbocycles. The molecule has 0 fully saturated rings. The number of carbonyl (C=O) groups is 3. The number of carboxylic acid groups (broad SMARTS) is 2. The van der Waals surface area contributed by atoms with Crippen LogP contribution in [0.4, 0.5) is 5.00 Å². The average Bonchev–Trinajstić information content (AvgIpc) is 2.75. The second-order valence-corrected chi connectivity index (χ2v) is 5.62. The monoisotopic (exact) mass is 273 g/mol. The van der Waals surface area contributed by atoms with Crippen molar-refractivity contribution in [2.24, 2.45) is 0 Å². The minimum absolute atomic E-state index is 0.0181. The molecule has 0 saturated carbocycles. The van der Waals surface area contributed by atoms with Crippen LogP contribution in [0.2, 0.25) is 0 Å². The summed E-state index contributed by atoms with van der Waals surface area (Å²) in [5, 5.41) is 19.7. The summed E-state index contributed by atoms with van der Waals surface area (Å²) in [6.07, 6.45) is 0.626. The Morgan fingerprint density at radius 2 is 1.94 bits per heavy atom. The second kappa shape index (κ2) is 4.38. The van der Waals surface area contributed by atoms with E-state index in [1.807, 2.05) is 0 Å². The molecule has 3 N–H and O–H groups in total. The van der Waals surface area contributed by atoms with E-state index in [1.54, 1.807) is 0 Å². The zero-order chi connectivity index (χ0) is 12.6. The minimum Gasteiger partial charge on any atom is -0.478 e. The Bertz CT molecular complexity index is 522. The average molecular weight is 273 g/mol. The molecule has 6 nitrogen and oxygen atoms in total. The topological polar surface area (TPSA) is 104 Å². The maximum atomic E-state index is 11.1. The van der Waals surface area contributed by atoms with E-state index in [9.17, 15) is 14.4 Å². The Morgan fingerprint density at radius 3 is 2.53 bits per heavy atom. The number of fused-ring (bicyclic) bond motifs is 1. The van der Waals surface area contributed by atoms with Crippen molar-refractivity contribution in [2.45, 2.75) is 10.6 Å². The summed E-state index contributed by atoms with van der Waals surface area (Å²) < 4.78 is 0.836. The second-order valence-electron chi connectivity index (χ2n) is 3.24. The predicted octanol–water partition coefficient (Wildman–Crippen LogP) is 1.12. The number of hydrogen-bond donors (Lipinski definition) is 3. The van der Waals surface area contributed by atoms with Crippen LogP contribution >= 0.6 is 23.1 Å². The quantitative estimate of drug-likeness (QED) is 0.697. The van der Waals surface area contributed by atoms with Gasteiger partial charge in [0, 0.05) is 5.75 Å². The van der Waals surface area contributed by atoms with Crippen LogP contribution in [0.5, 0.6) is 0 Å². The summed E-state index contributed by atoms with van der Waals surface area (Å²) >= 11 is 2.62. The Morgan fingerprint density at radius 1 is 1.24 bits per heavy atom. The third-order valence-corrected chi connectivity index (χ3v) is 4.65. The lowest BCUT2D eigenvalue weighted by Crippen LogP contribution is -2.22. The molecule has 1 aromatic heterocycles. The van der Waals surface area contributed by atoms with E-state index in [2.05, 4.69) is 5.32 Å². The molecule has 2 rings (SSSR count). The van der Waals surface area contributed by atoms with Crippen LogP contribution in [-0.4, -0.2) is 33.8 Å². The molecular weight excluding hydrogens is 266 g/mol. The maximum Gasteiger partial charge on any atom is 0.394 e. The van der Waals surface area contributed by atoms with Gasteiger partial charge in [-0.05, 0) is 12.0 Å².